The highest BCUT2D eigenvalue weighted by Crippen LogP contribution is 2.30. The lowest BCUT2D eigenvalue weighted by molar-refractivity contribution is 0.416. The predicted molar refractivity (Wildman–Crippen MR) is 75.9 cm³/mol. The van der Waals surface area contributed by atoms with Crippen LogP contribution in [0.1, 0.15) is 5.56 Å². The normalized spacial score (nSPS) is 10.4. The van der Waals surface area contributed by atoms with Crippen LogP contribution in [-0.2, 0) is 6.54 Å². The summed E-state index contributed by atoms with van der Waals surface area (Å²) in [5.41, 5.74) is 6.98. The van der Waals surface area contributed by atoms with E-state index in [-0.39, 0.29) is 11.5 Å². The molecule has 0 fully saturated rings. The first-order valence-corrected chi connectivity index (χ1v) is 6.10. The monoisotopic (exact) mass is 278 g/mol. The van der Waals surface area contributed by atoms with E-state index >= 15 is 0 Å². The van der Waals surface area contributed by atoms with Crippen molar-refractivity contribution in [1.29, 1.82) is 0 Å². The van der Waals surface area contributed by atoms with Crippen molar-refractivity contribution in [3.8, 4) is 5.75 Å². The van der Waals surface area contributed by atoms with E-state index in [1.165, 1.54) is 31.4 Å². The molecule has 0 spiro atoms. The Labute approximate surface area is 116 Å². The van der Waals surface area contributed by atoms with Crippen LogP contribution in [0.3, 0.4) is 0 Å². The van der Waals surface area contributed by atoms with Crippen LogP contribution >= 0.6 is 0 Å². The molecule has 0 atom stereocenters. The third kappa shape index (κ3) is 2.99. The molecule has 106 valence electrons. The fourth-order valence-electron chi connectivity index (χ4n) is 2.02. The Hall–Kier alpha value is -2.30. The Kier molecular flexibility index (Phi) is 4.08. The summed E-state index contributed by atoms with van der Waals surface area (Å²) < 4.78 is 32.2. The maximum absolute atomic E-state index is 13.9. The van der Waals surface area contributed by atoms with Crippen molar-refractivity contribution in [2.45, 2.75) is 6.54 Å². The quantitative estimate of drug-likeness (QED) is 0.873. The van der Waals surface area contributed by atoms with Gasteiger partial charge in [0.2, 0.25) is 0 Å². The van der Waals surface area contributed by atoms with E-state index in [2.05, 4.69) is 0 Å². The lowest BCUT2D eigenvalue weighted by Crippen LogP contribution is -2.18. The molecule has 0 aliphatic heterocycles. The minimum Gasteiger partial charge on any atom is -0.495 e. The molecule has 2 aromatic carbocycles. The molecule has 0 heterocycles. The Balaban J connectivity index is 2.27. The van der Waals surface area contributed by atoms with Crippen LogP contribution in [0.15, 0.2) is 36.4 Å². The number of benzene rings is 2. The minimum absolute atomic E-state index is 0.243. The van der Waals surface area contributed by atoms with Gasteiger partial charge in [0.05, 0.1) is 18.5 Å². The van der Waals surface area contributed by atoms with Gasteiger partial charge in [-0.15, -0.1) is 0 Å². The molecule has 0 aliphatic carbocycles. The van der Waals surface area contributed by atoms with E-state index < -0.39 is 5.82 Å². The molecule has 2 N–H and O–H groups in total. The number of hydrogen-bond acceptors (Lipinski definition) is 3. The van der Waals surface area contributed by atoms with Gasteiger partial charge in [0, 0.05) is 25.7 Å². The SMILES string of the molecule is COc1cc(N(C)Cc2cccc(F)c2)c(F)cc1N. The zero-order valence-corrected chi connectivity index (χ0v) is 11.4. The lowest BCUT2D eigenvalue weighted by Gasteiger charge is -2.21. The molecule has 3 nitrogen and oxygen atoms in total. The average Bonchev–Trinajstić information content (AvgIpc) is 2.38. The Morgan fingerprint density at radius 2 is 1.95 bits per heavy atom. The average molecular weight is 278 g/mol. The van der Waals surface area contributed by atoms with Gasteiger partial charge in [-0.3, -0.25) is 0 Å². The molecule has 5 heteroatoms. The number of methoxy groups -OCH3 is 1. The molecule has 20 heavy (non-hydrogen) atoms. The van der Waals surface area contributed by atoms with Crippen molar-refractivity contribution in [3.63, 3.8) is 0 Å². The van der Waals surface area contributed by atoms with Crippen LogP contribution in [0.4, 0.5) is 20.2 Å². The van der Waals surface area contributed by atoms with Crippen LogP contribution in [0.5, 0.6) is 5.75 Å². The van der Waals surface area contributed by atoms with Crippen LogP contribution in [0.2, 0.25) is 0 Å². The Morgan fingerprint density at radius 1 is 1.20 bits per heavy atom. The maximum Gasteiger partial charge on any atom is 0.148 e. The highest BCUT2D eigenvalue weighted by atomic mass is 19.1. The summed E-state index contributed by atoms with van der Waals surface area (Å²) in [4.78, 5) is 1.67. The summed E-state index contributed by atoms with van der Waals surface area (Å²) in [6.07, 6.45) is 0. The number of nitrogens with zero attached hydrogens (tertiary/aromatic N) is 1. The van der Waals surface area contributed by atoms with Gasteiger partial charge >= 0.3 is 0 Å². The van der Waals surface area contributed by atoms with Gasteiger partial charge < -0.3 is 15.4 Å². The van der Waals surface area contributed by atoms with E-state index in [4.69, 9.17) is 10.5 Å². The summed E-state index contributed by atoms with van der Waals surface area (Å²) in [5.74, 6) is -0.346. The third-order valence-corrected chi connectivity index (χ3v) is 3.02. The molecular formula is C15H16F2N2O. The van der Waals surface area contributed by atoms with Gasteiger partial charge in [0.25, 0.3) is 0 Å². The van der Waals surface area contributed by atoms with E-state index in [0.29, 0.717) is 18.0 Å². The van der Waals surface area contributed by atoms with Gasteiger partial charge in [-0.2, -0.15) is 0 Å². The first-order chi connectivity index (χ1) is 9.51. The molecule has 2 aromatic rings. The van der Waals surface area contributed by atoms with Crippen molar-refractivity contribution in [1.82, 2.24) is 0 Å². The number of anilines is 2. The smallest absolute Gasteiger partial charge is 0.148 e. The maximum atomic E-state index is 13.9. The molecule has 0 radical (unpaired) electrons. The fraction of sp³-hybridized carbons (Fsp3) is 0.200. The van der Waals surface area contributed by atoms with Gasteiger partial charge in [-0.05, 0) is 17.7 Å². The molecule has 0 bridgehead atoms. The summed E-state index contributed by atoms with van der Waals surface area (Å²) >= 11 is 0. The second-order valence-electron chi connectivity index (χ2n) is 4.53. The second kappa shape index (κ2) is 5.77. The number of halogens is 2. The largest absolute Gasteiger partial charge is 0.495 e. The van der Waals surface area contributed by atoms with E-state index in [0.717, 1.165) is 5.56 Å². The van der Waals surface area contributed by atoms with Crippen molar-refractivity contribution < 1.29 is 13.5 Å². The van der Waals surface area contributed by atoms with Crippen LogP contribution in [0.25, 0.3) is 0 Å². The second-order valence-corrected chi connectivity index (χ2v) is 4.53. The highest BCUT2D eigenvalue weighted by molar-refractivity contribution is 5.63. The number of hydrogen-bond donors (Lipinski definition) is 1. The number of nitrogens with two attached hydrogens (primary N) is 1. The zero-order valence-electron chi connectivity index (χ0n) is 11.4. The molecule has 0 aliphatic rings. The fourth-order valence-corrected chi connectivity index (χ4v) is 2.02. The van der Waals surface area contributed by atoms with Crippen molar-refractivity contribution >= 4 is 11.4 Å². The molecule has 0 aromatic heterocycles. The van der Waals surface area contributed by atoms with Crippen molar-refractivity contribution in [3.05, 3.63) is 53.6 Å². The predicted octanol–water partition coefficient (Wildman–Crippen LogP) is 3.19. The Morgan fingerprint density at radius 3 is 2.60 bits per heavy atom. The number of nitrogen functional groups attached to an aromatic ring is 1. The molecule has 2 rings (SSSR count). The first kappa shape index (κ1) is 14.1. The standard InChI is InChI=1S/C15H16F2N2O/c1-19(9-10-4-3-5-11(16)6-10)14-8-15(20-2)13(18)7-12(14)17/h3-8H,9,18H2,1-2H3. The van der Waals surface area contributed by atoms with Gasteiger partial charge in [0.15, 0.2) is 0 Å². The molecule has 0 unspecified atom stereocenters. The van der Waals surface area contributed by atoms with Gasteiger partial charge in [-0.25, -0.2) is 8.78 Å². The molecular weight excluding hydrogens is 262 g/mol. The van der Waals surface area contributed by atoms with Crippen LogP contribution < -0.4 is 15.4 Å². The van der Waals surface area contributed by atoms with Crippen molar-refractivity contribution in [2.24, 2.45) is 0 Å². The molecule has 0 amide bonds. The third-order valence-electron chi connectivity index (χ3n) is 3.02. The highest BCUT2D eigenvalue weighted by Gasteiger charge is 2.12. The Bertz CT molecular complexity index is 617. The molecule has 0 saturated carbocycles. The van der Waals surface area contributed by atoms with Gasteiger partial charge in [0.1, 0.15) is 17.4 Å². The summed E-state index contributed by atoms with van der Waals surface area (Å²) in [6, 6.07) is 8.95. The number of ether oxygens (including phenoxy) is 1. The lowest BCUT2D eigenvalue weighted by atomic mass is 10.2. The first-order valence-electron chi connectivity index (χ1n) is 6.10. The van der Waals surface area contributed by atoms with E-state index in [9.17, 15) is 8.78 Å². The summed E-state index contributed by atoms with van der Waals surface area (Å²) in [5, 5.41) is 0. The minimum atomic E-state index is -0.442. The van der Waals surface area contributed by atoms with Crippen LogP contribution in [0, 0.1) is 11.6 Å². The summed E-state index contributed by atoms with van der Waals surface area (Å²) in [7, 11) is 3.19. The summed E-state index contributed by atoms with van der Waals surface area (Å²) in [6.45, 7) is 0.377. The zero-order chi connectivity index (χ0) is 14.7. The molecule has 0 saturated heterocycles. The number of rotatable bonds is 4. The van der Waals surface area contributed by atoms with Crippen molar-refractivity contribution in [2.75, 3.05) is 24.8 Å². The van der Waals surface area contributed by atoms with Crippen LogP contribution in [-0.4, -0.2) is 14.2 Å². The van der Waals surface area contributed by atoms with Gasteiger partial charge in [-0.1, -0.05) is 12.1 Å². The van der Waals surface area contributed by atoms with E-state index in [1.54, 1.807) is 24.1 Å². The van der Waals surface area contributed by atoms with E-state index in [1.807, 2.05) is 0 Å². The topological polar surface area (TPSA) is 38.5 Å².